The van der Waals surface area contributed by atoms with Gasteiger partial charge in [-0.1, -0.05) is 0 Å². The van der Waals surface area contributed by atoms with Crippen LogP contribution < -0.4 is 5.32 Å². The predicted molar refractivity (Wildman–Crippen MR) is 76.5 cm³/mol. The van der Waals surface area contributed by atoms with Crippen LogP contribution in [-0.2, 0) is 22.5 Å². The summed E-state index contributed by atoms with van der Waals surface area (Å²) in [6.45, 7) is 2.92. The first-order valence-corrected chi connectivity index (χ1v) is 7.76. The van der Waals surface area contributed by atoms with Crippen LogP contribution in [0.3, 0.4) is 0 Å². The van der Waals surface area contributed by atoms with Gasteiger partial charge in [-0.25, -0.2) is 9.97 Å². The second-order valence-corrected chi connectivity index (χ2v) is 5.57. The second-order valence-electron chi connectivity index (χ2n) is 3.73. The minimum Gasteiger partial charge on any atom is -0.466 e. The van der Waals surface area contributed by atoms with Crippen LogP contribution in [0.5, 0.6) is 0 Å². The van der Waals surface area contributed by atoms with E-state index in [1.165, 1.54) is 11.3 Å². The molecule has 0 aliphatic carbocycles. The van der Waals surface area contributed by atoms with Crippen LogP contribution in [0.15, 0.2) is 17.0 Å². The minimum atomic E-state index is -0.173. The molecule has 2 rings (SSSR count). The summed E-state index contributed by atoms with van der Waals surface area (Å²) in [7, 11) is 0. The molecule has 7 heteroatoms. The van der Waals surface area contributed by atoms with Gasteiger partial charge in [0, 0.05) is 23.4 Å². The number of esters is 1. The lowest BCUT2D eigenvalue weighted by atomic mass is 10.2. The fraction of sp³-hybridized carbons (Fsp3) is 0.417. The van der Waals surface area contributed by atoms with E-state index < -0.39 is 0 Å². The maximum Gasteiger partial charge on any atom is 0.306 e. The highest BCUT2D eigenvalue weighted by molar-refractivity contribution is 7.13. The lowest BCUT2D eigenvalue weighted by Crippen LogP contribution is -2.05. The van der Waals surface area contributed by atoms with E-state index in [0.29, 0.717) is 26.0 Å². The summed E-state index contributed by atoms with van der Waals surface area (Å²) in [5.74, 6) is -0.173. The number of hydrogen-bond donors (Lipinski definition) is 1. The Hall–Kier alpha value is -1.47. The van der Waals surface area contributed by atoms with Gasteiger partial charge in [0.25, 0.3) is 0 Å². The lowest BCUT2D eigenvalue weighted by molar-refractivity contribution is -0.143. The minimum absolute atomic E-state index is 0.173. The molecular formula is C12H15N3O2S2. The summed E-state index contributed by atoms with van der Waals surface area (Å²) < 4.78 is 4.88. The topological polar surface area (TPSA) is 64.1 Å². The van der Waals surface area contributed by atoms with Crippen LogP contribution >= 0.6 is 22.7 Å². The molecule has 0 unspecified atom stereocenters. The Morgan fingerprint density at radius 1 is 1.47 bits per heavy atom. The Bertz CT molecular complexity index is 511. The van der Waals surface area contributed by atoms with Crippen molar-refractivity contribution >= 4 is 33.8 Å². The second kappa shape index (κ2) is 7.20. The van der Waals surface area contributed by atoms with E-state index in [2.05, 4.69) is 15.3 Å². The van der Waals surface area contributed by atoms with Crippen LogP contribution in [0.4, 0.5) is 5.13 Å². The van der Waals surface area contributed by atoms with Crippen molar-refractivity contribution in [2.24, 2.45) is 0 Å². The normalized spacial score (nSPS) is 10.4. The maximum atomic E-state index is 11.2. The molecule has 0 spiro atoms. The third-order valence-corrected chi connectivity index (χ3v) is 3.95. The number of ether oxygens (including phenoxy) is 1. The van der Waals surface area contributed by atoms with Crippen molar-refractivity contribution in [3.05, 3.63) is 27.7 Å². The van der Waals surface area contributed by atoms with E-state index in [1.54, 1.807) is 24.5 Å². The van der Waals surface area contributed by atoms with Gasteiger partial charge in [-0.2, -0.15) is 0 Å². The van der Waals surface area contributed by atoms with Gasteiger partial charge in [-0.05, 0) is 6.92 Å². The molecule has 0 bridgehead atoms. The number of nitrogens with zero attached hydrogens (tertiary/aromatic N) is 2. The summed E-state index contributed by atoms with van der Waals surface area (Å²) in [6.07, 6.45) is 2.78. The summed E-state index contributed by atoms with van der Waals surface area (Å²) in [6, 6.07) is 0. The molecule has 0 saturated carbocycles. The van der Waals surface area contributed by atoms with E-state index in [4.69, 9.17) is 4.74 Å². The van der Waals surface area contributed by atoms with Gasteiger partial charge in [-0.15, -0.1) is 22.7 Å². The number of anilines is 1. The molecule has 19 heavy (non-hydrogen) atoms. The molecule has 2 aromatic heterocycles. The number of nitrogens with one attached hydrogen (secondary N) is 1. The fourth-order valence-electron chi connectivity index (χ4n) is 1.46. The van der Waals surface area contributed by atoms with E-state index in [9.17, 15) is 4.79 Å². The zero-order valence-electron chi connectivity index (χ0n) is 10.6. The average Bonchev–Trinajstić information content (AvgIpc) is 3.06. The number of carbonyl (C=O) groups excluding carboxylic acids is 1. The van der Waals surface area contributed by atoms with Gasteiger partial charge in [0.05, 0.1) is 25.3 Å². The van der Waals surface area contributed by atoms with Gasteiger partial charge in [0.15, 0.2) is 5.13 Å². The smallest absolute Gasteiger partial charge is 0.306 e. The molecule has 0 atom stereocenters. The number of hydrogen-bond acceptors (Lipinski definition) is 7. The molecule has 0 aliphatic rings. The summed E-state index contributed by atoms with van der Waals surface area (Å²) >= 11 is 3.15. The number of carbonyl (C=O) groups is 1. The van der Waals surface area contributed by atoms with Gasteiger partial charge >= 0.3 is 5.97 Å². The van der Waals surface area contributed by atoms with Crippen LogP contribution in [-0.4, -0.2) is 22.5 Å². The Balaban J connectivity index is 1.77. The fourth-order valence-corrected chi connectivity index (χ4v) is 2.76. The molecule has 1 N–H and O–H groups in total. The van der Waals surface area contributed by atoms with E-state index in [1.807, 2.05) is 10.8 Å². The zero-order chi connectivity index (χ0) is 13.5. The van der Waals surface area contributed by atoms with Gasteiger partial charge in [0.1, 0.15) is 5.01 Å². The summed E-state index contributed by atoms with van der Waals surface area (Å²) in [5, 5.41) is 9.02. The number of thiazole rings is 2. The molecular weight excluding hydrogens is 282 g/mol. The highest BCUT2D eigenvalue weighted by atomic mass is 32.1. The number of aromatic nitrogens is 2. The molecule has 2 aromatic rings. The Kier molecular flexibility index (Phi) is 5.29. The van der Waals surface area contributed by atoms with E-state index >= 15 is 0 Å². The maximum absolute atomic E-state index is 11.2. The lowest BCUT2D eigenvalue weighted by Gasteiger charge is -2.00. The first-order chi connectivity index (χ1) is 9.28. The Morgan fingerprint density at radius 2 is 2.37 bits per heavy atom. The largest absolute Gasteiger partial charge is 0.466 e. The molecule has 5 nitrogen and oxygen atoms in total. The predicted octanol–water partition coefficient (Wildman–Crippen LogP) is 2.71. The van der Waals surface area contributed by atoms with Crippen LogP contribution in [0.25, 0.3) is 0 Å². The van der Waals surface area contributed by atoms with E-state index in [-0.39, 0.29) is 5.97 Å². The van der Waals surface area contributed by atoms with Gasteiger partial charge in [-0.3, -0.25) is 4.79 Å². The standard InChI is InChI=1S/C12H15N3O2S2/c1-2-17-11(16)4-3-9-8-19-12(15-9)14-7-10-13-5-6-18-10/h5-6,8H,2-4,7H2,1H3,(H,14,15). The van der Waals surface area contributed by atoms with Crippen molar-refractivity contribution in [1.29, 1.82) is 0 Å². The Labute approximate surface area is 119 Å². The summed E-state index contributed by atoms with van der Waals surface area (Å²) in [5.41, 5.74) is 0.916. The van der Waals surface area contributed by atoms with Crippen molar-refractivity contribution in [2.45, 2.75) is 26.3 Å². The first-order valence-electron chi connectivity index (χ1n) is 6.00. The Morgan fingerprint density at radius 3 is 3.11 bits per heavy atom. The van der Waals surface area contributed by atoms with Crippen LogP contribution in [0.2, 0.25) is 0 Å². The highest BCUT2D eigenvalue weighted by Gasteiger charge is 2.06. The van der Waals surface area contributed by atoms with Crippen LogP contribution in [0.1, 0.15) is 24.0 Å². The molecule has 102 valence electrons. The van der Waals surface area contributed by atoms with Crippen molar-refractivity contribution in [3.8, 4) is 0 Å². The van der Waals surface area contributed by atoms with Crippen molar-refractivity contribution in [3.63, 3.8) is 0 Å². The quantitative estimate of drug-likeness (QED) is 0.796. The molecule has 0 saturated heterocycles. The molecule has 0 aliphatic heterocycles. The molecule has 0 amide bonds. The first kappa shape index (κ1) is 14.0. The van der Waals surface area contributed by atoms with E-state index in [0.717, 1.165) is 15.8 Å². The number of rotatable bonds is 7. The molecule has 0 radical (unpaired) electrons. The SMILES string of the molecule is CCOC(=O)CCc1csc(NCc2nccs2)n1. The molecule has 0 aromatic carbocycles. The number of aryl methyl sites for hydroxylation is 1. The van der Waals surface area contributed by atoms with Gasteiger partial charge in [0.2, 0.25) is 0 Å². The highest BCUT2D eigenvalue weighted by Crippen LogP contribution is 2.18. The summed E-state index contributed by atoms with van der Waals surface area (Å²) in [4.78, 5) is 19.8. The van der Waals surface area contributed by atoms with Crippen molar-refractivity contribution in [2.75, 3.05) is 11.9 Å². The average molecular weight is 297 g/mol. The van der Waals surface area contributed by atoms with Crippen LogP contribution in [0, 0.1) is 0 Å². The van der Waals surface area contributed by atoms with Gasteiger partial charge < -0.3 is 10.1 Å². The van der Waals surface area contributed by atoms with Crippen molar-refractivity contribution in [1.82, 2.24) is 9.97 Å². The molecule has 2 heterocycles. The zero-order valence-corrected chi connectivity index (χ0v) is 12.2. The van der Waals surface area contributed by atoms with Crippen molar-refractivity contribution < 1.29 is 9.53 Å². The molecule has 0 fully saturated rings. The third kappa shape index (κ3) is 4.60. The third-order valence-electron chi connectivity index (χ3n) is 2.32. The monoisotopic (exact) mass is 297 g/mol.